The highest BCUT2D eigenvalue weighted by Gasteiger charge is 2.41. The average Bonchev–Trinajstić information content (AvgIpc) is 2.59. The van der Waals surface area contributed by atoms with Crippen molar-refractivity contribution < 1.29 is 31.1 Å². The first kappa shape index (κ1) is 14.3. The maximum atomic E-state index is 12.5. The highest BCUT2D eigenvalue weighted by Crippen LogP contribution is 2.41. The van der Waals surface area contributed by atoms with Crippen molar-refractivity contribution in [2.24, 2.45) is 0 Å². The van der Waals surface area contributed by atoms with Crippen molar-refractivity contribution in [3.63, 3.8) is 0 Å². The van der Waals surface area contributed by atoms with Gasteiger partial charge < -0.3 is 4.74 Å². The van der Waals surface area contributed by atoms with E-state index in [1.54, 1.807) is 0 Å². The number of thiophene rings is 1. The third-order valence-electron chi connectivity index (χ3n) is 1.65. The highest BCUT2D eigenvalue weighted by molar-refractivity contribution is 8.14. The zero-order valence-electron chi connectivity index (χ0n) is 8.04. The quantitative estimate of drug-likeness (QED) is 0.622. The van der Waals surface area contributed by atoms with Gasteiger partial charge in [0.25, 0.3) is 9.05 Å². The summed E-state index contributed by atoms with van der Waals surface area (Å²) in [6.07, 6.45) is -4.91. The van der Waals surface area contributed by atoms with Crippen LogP contribution in [0.3, 0.4) is 0 Å². The average molecular weight is 309 g/mol. The lowest BCUT2D eigenvalue weighted by Crippen LogP contribution is -2.11. The normalized spacial score (nSPS) is 12.5. The molecule has 0 fully saturated rings. The van der Waals surface area contributed by atoms with E-state index in [-0.39, 0.29) is 11.3 Å². The van der Waals surface area contributed by atoms with Gasteiger partial charge in [-0.1, -0.05) is 0 Å². The number of carbonyl (C=O) groups excluding carboxylic acids is 1. The minimum absolute atomic E-state index is 0.0642. The molecule has 4 nitrogen and oxygen atoms in total. The lowest BCUT2D eigenvalue weighted by atomic mass is 10.3. The van der Waals surface area contributed by atoms with Crippen LogP contribution in [0.1, 0.15) is 15.2 Å². The van der Waals surface area contributed by atoms with Crippen LogP contribution in [0.15, 0.2) is 10.3 Å². The summed E-state index contributed by atoms with van der Waals surface area (Å²) in [5, 5.41) is 0.740. The van der Waals surface area contributed by atoms with Crippen LogP contribution in [-0.4, -0.2) is 21.5 Å². The minimum Gasteiger partial charge on any atom is -0.465 e. The van der Waals surface area contributed by atoms with Crippen LogP contribution in [0.2, 0.25) is 0 Å². The zero-order valence-corrected chi connectivity index (χ0v) is 10.4. The van der Waals surface area contributed by atoms with Gasteiger partial charge in [-0.15, -0.1) is 11.3 Å². The molecular weight excluding hydrogens is 305 g/mol. The second-order valence-electron chi connectivity index (χ2n) is 2.73. The number of hydrogen-bond acceptors (Lipinski definition) is 5. The third kappa shape index (κ3) is 2.90. The van der Waals surface area contributed by atoms with Crippen molar-refractivity contribution >= 4 is 37.0 Å². The fourth-order valence-electron chi connectivity index (χ4n) is 1.04. The SMILES string of the molecule is COC(=O)c1csc(C(F)(F)F)c1S(=O)(=O)Cl. The first-order valence-electron chi connectivity index (χ1n) is 3.80. The maximum absolute atomic E-state index is 12.5. The number of esters is 1. The van der Waals surface area contributed by atoms with Crippen molar-refractivity contribution in [3.8, 4) is 0 Å². The van der Waals surface area contributed by atoms with Crippen LogP contribution in [0.4, 0.5) is 13.2 Å². The predicted molar refractivity (Wildman–Crippen MR) is 53.7 cm³/mol. The van der Waals surface area contributed by atoms with E-state index in [1.807, 2.05) is 0 Å². The Labute approximate surface area is 102 Å². The van der Waals surface area contributed by atoms with E-state index >= 15 is 0 Å². The van der Waals surface area contributed by atoms with E-state index in [4.69, 9.17) is 10.7 Å². The first-order valence-corrected chi connectivity index (χ1v) is 6.99. The van der Waals surface area contributed by atoms with Gasteiger partial charge in [-0.2, -0.15) is 13.2 Å². The minimum atomic E-state index is -4.91. The van der Waals surface area contributed by atoms with Gasteiger partial charge in [-0.25, -0.2) is 13.2 Å². The van der Waals surface area contributed by atoms with Crippen molar-refractivity contribution in [1.82, 2.24) is 0 Å². The molecule has 1 aromatic rings. The van der Waals surface area contributed by atoms with Crippen molar-refractivity contribution in [2.75, 3.05) is 7.11 Å². The molecule has 0 aliphatic carbocycles. The smallest absolute Gasteiger partial charge is 0.426 e. The molecule has 0 aromatic carbocycles. The van der Waals surface area contributed by atoms with Gasteiger partial charge in [-0.3, -0.25) is 0 Å². The summed E-state index contributed by atoms with van der Waals surface area (Å²) in [7, 11) is 1.11. The second kappa shape index (κ2) is 4.46. The molecule has 0 aliphatic rings. The van der Waals surface area contributed by atoms with Crippen molar-refractivity contribution in [3.05, 3.63) is 15.8 Å². The fourth-order valence-corrected chi connectivity index (χ4v) is 3.74. The van der Waals surface area contributed by atoms with Crippen LogP contribution in [0.5, 0.6) is 0 Å². The Morgan fingerprint density at radius 2 is 2.00 bits per heavy atom. The largest absolute Gasteiger partial charge is 0.465 e. The molecule has 0 aliphatic heterocycles. The molecule has 1 rings (SSSR count). The summed E-state index contributed by atoms with van der Waals surface area (Å²) >= 11 is 0.0642. The van der Waals surface area contributed by atoms with Crippen LogP contribution in [0.25, 0.3) is 0 Å². The van der Waals surface area contributed by atoms with Gasteiger partial charge in [0.05, 0.1) is 12.7 Å². The van der Waals surface area contributed by atoms with E-state index in [2.05, 4.69) is 4.74 Å². The first-order chi connectivity index (χ1) is 7.59. The van der Waals surface area contributed by atoms with Gasteiger partial charge in [0.1, 0.15) is 9.77 Å². The van der Waals surface area contributed by atoms with Crippen LogP contribution < -0.4 is 0 Å². The van der Waals surface area contributed by atoms with Gasteiger partial charge in [0.2, 0.25) is 0 Å². The zero-order chi connectivity index (χ0) is 13.4. The molecule has 17 heavy (non-hydrogen) atoms. The molecule has 0 N–H and O–H groups in total. The maximum Gasteiger partial charge on any atom is 0.426 e. The summed E-state index contributed by atoms with van der Waals surface area (Å²) < 4.78 is 63.8. The van der Waals surface area contributed by atoms with E-state index in [9.17, 15) is 26.4 Å². The molecule has 96 valence electrons. The fraction of sp³-hybridized carbons (Fsp3) is 0.286. The number of carbonyl (C=O) groups is 1. The molecule has 0 spiro atoms. The summed E-state index contributed by atoms with van der Waals surface area (Å²) in [5.74, 6) is -1.20. The number of rotatable bonds is 2. The van der Waals surface area contributed by atoms with Crippen LogP contribution in [0, 0.1) is 0 Å². The molecular formula is C7H4ClF3O4S2. The molecule has 0 saturated carbocycles. The summed E-state index contributed by atoms with van der Waals surface area (Å²) in [5.41, 5.74) is -0.722. The Morgan fingerprint density at radius 3 is 2.35 bits per heavy atom. The molecule has 0 amide bonds. The molecule has 0 bridgehead atoms. The third-order valence-corrected chi connectivity index (χ3v) is 4.18. The summed E-state index contributed by atoms with van der Waals surface area (Å²) in [6.45, 7) is 0. The molecule has 0 unspecified atom stereocenters. The Hall–Kier alpha value is -0.800. The number of ether oxygens (including phenoxy) is 1. The van der Waals surface area contributed by atoms with Crippen molar-refractivity contribution in [1.29, 1.82) is 0 Å². The molecule has 1 heterocycles. The Bertz CT molecular complexity index is 546. The Balaban J connectivity index is 3.59. The lowest BCUT2D eigenvalue weighted by Gasteiger charge is -2.06. The van der Waals surface area contributed by atoms with E-state index in [0.29, 0.717) is 0 Å². The molecule has 10 heteroatoms. The number of alkyl halides is 3. The number of methoxy groups -OCH3 is 1. The van der Waals surface area contributed by atoms with Crippen molar-refractivity contribution in [2.45, 2.75) is 11.1 Å². The van der Waals surface area contributed by atoms with Crippen LogP contribution in [-0.2, 0) is 20.0 Å². The monoisotopic (exact) mass is 308 g/mol. The lowest BCUT2D eigenvalue weighted by molar-refractivity contribution is -0.136. The topological polar surface area (TPSA) is 60.4 Å². The van der Waals surface area contributed by atoms with Gasteiger partial charge in [0, 0.05) is 16.1 Å². The number of hydrogen-bond donors (Lipinski definition) is 0. The molecule has 1 aromatic heterocycles. The van der Waals surface area contributed by atoms with Gasteiger partial charge >= 0.3 is 12.1 Å². The summed E-state index contributed by atoms with van der Waals surface area (Å²) in [6, 6.07) is 0. The second-order valence-corrected chi connectivity index (χ2v) is 6.12. The highest BCUT2D eigenvalue weighted by atomic mass is 35.7. The molecule has 0 atom stereocenters. The van der Waals surface area contributed by atoms with Gasteiger partial charge in [-0.05, 0) is 0 Å². The van der Waals surface area contributed by atoms with E-state index in [1.165, 1.54) is 0 Å². The number of halogens is 4. The molecule has 0 saturated heterocycles. The van der Waals surface area contributed by atoms with Gasteiger partial charge in [0.15, 0.2) is 0 Å². The standard InChI is InChI=1S/C7H4ClF3O4S2/c1-15-6(12)3-2-16-5(7(9,10)11)4(3)17(8,13)14/h2H,1H3. The Morgan fingerprint density at radius 1 is 1.47 bits per heavy atom. The van der Waals surface area contributed by atoms with E-state index in [0.717, 1.165) is 12.5 Å². The predicted octanol–water partition coefficient (Wildman–Crippen LogP) is 2.48. The molecule has 0 radical (unpaired) electrons. The Kier molecular flexibility index (Phi) is 3.75. The van der Waals surface area contributed by atoms with Crippen LogP contribution >= 0.6 is 22.0 Å². The van der Waals surface area contributed by atoms with E-state index < -0.39 is 36.5 Å². The summed E-state index contributed by atoms with van der Waals surface area (Å²) in [4.78, 5) is 8.40.